The number of hydrogen-bond donors (Lipinski definition) is 4. The van der Waals surface area contributed by atoms with Crippen LogP contribution in [-0.2, 0) is 20.4 Å². The minimum atomic E-state index is -4.73. The monoisotopic (exact) mass is 558 g/mol. The number of aromatic nitrogens is 1. The first-order chi connectivity index (χ1) is 17.9. The molecule has 1 heterocycles. The molecule has 0 aliphatic heterocycles. The number of amides is 3. The molecule has 0 aliphatic carbocycles. The smallest absolute Gasteiger partial charge is 0.445 e. The molecule has 0 fully saturated rings. The quantitative estimate of drug-likeness (QED) is 0.175. The number of ether oxygens (including phenoxy) is 1. The Kier molecular flexibility index (Phi) is 9.01. The number of carbonyl (C=O) groups excluding carboxylic acids is 2. The molecule has 1 aromatic heterocycles. The summed E-state index contributed by atoms with van der Waals surface area (Å²) in [5.41, 5.74) is 3.95. The van der Waals surface area contributed by atoms with E-state index >= 15 is 0 Å². The Bertz CT molecular complexity index is 1390. The van der Waals surface area contributed by atoms with E-state index in [0.29, 0.717) is 11.0 Å². The number of nitrogens with one attached hydrogen (secondary N) is 1. The van der Waals surface area contributed by atoms with E-state index in [-0.39, 0.29) is 23.4 Å². The van der Waals surface area contributed by atoms with Crippen LogP contribution in [0.25, 0.3) is 11.3 Å². The van der Waals surface area contributed by atoms with Gasteiger partial charge in [-0.2, -0.15) is 0 Å². The number of phosphoric ester groups is 1. The van der Waals surface area contributed by atoms with Gasteiger partial charge in [-0.1, -0.05) is 6.07 Å². The summed E-state index contributed by atoms with van der Waals surface area (Å²) in [7, 11) is -4.73. The molecule has 202 valence electrons. The predicted octanol–water partition coefficient (Wildman–Crippen LogP) is 3.86. The van der Waals surface area contributed by atoms with Crippen LogP contribution in [0, 0.1) is 23.3 Å². The van der Waals surface area contributed by atoms with Crippen molar-refractivity contribution in [2.75, 3.05) is 18.1 Å². The van der Waals surface area contributed by atoms with Crippen LogP contribution in [-0.4, -0.2) is 40.0 Å². The third-order valence-corrected chi connectivity index (χ3v) is 5.27. The van der Waals surface area contributed by atoms with Gasteiger partial charge in [0, 0.05) is 23.7 Å². The van der Waals surface area contributed by atoms with E-state index in [9.17, 15) is 31.7 Å². The summed E-state index contributed by atoms with van der Waals surface area (Å²) in [5, 5.41) is 2.16. The van der Waals surface area contributed by atoms with Crippen molar-refractivity contribution in [3.05, 3.63) is 77.4 Å². The van der Waals surface area contributed by atoms with Gasteiger partial charge in [-0.05, 0) is 36.4 Å². The lowest BCUT2D eigenvalue weighted by molar-refractivity contribution is 0.135. The molecule has 0 saturated heterocycles. The van der Waals surface area contributed by atoms with E-state index in [0.717, 1.165) is 36.4 Å². The zero-order chi connectivity index (χ0) is 28.0. The minimum absolute atomic E-state index is 0.0271. The summed E-state index contributed by atoms with van der Waals surface area (Å²) < 4.78 is 76.8. The highest BCUT2D eigenvalue weighted by atomic mass is 31.2. The van der Waals surface area contributed by atoms with Crippen LogP contribution in [0.5, 0.6) is 0 Å². The second-order valence-electron chi connectivity index (χ2n) is 7.37. The normalized spacial score (nSPS) is 11.2. The maximum Gasteiger partial charge on any atom is 0.469 e. The number of alkyl carbamates (subject to hydrolysis) is 1. The average molecular weight is 558 g/mol. The van der Waals surface area contributed by atoms with E-state index < -0.39 is 67.9 Å². The number of anilines is 2. The van der Waals surface area contributed by atoms with Gasteiger partial charge < -0.3 is 25.6 Å². The topological polar surface area (TPSA) is 164 Å². The second kappa shape index (κ2) is 12.0. The molecule has 0 bridgehead atoms. The number of carbonyl (C=O) groups is 2. The molecule has 2 aromatic carbocycles. The molecule has 0 radical (unpaired) electrons. The summed E-state index contributed by atoms with van der Waals surface area (Å²) in [4.78, 5) is 45.9. The van der Waals surface area contributed by atoms with Gasteiger partial charge in [-0.15, -0.1) is 0 Å². The molecule has 0 saturated carbocycles. The van der Waals surface area contributed by atoms with Crippen LogP contribution in [0.2, 0.25) is 0 Å². The molecule has 0 spiro atoms. The summed E-state index contributed by atoms with van der Waals surface area (Å²) in [5.74, 6) is -4.72. The van der Waals surface area contributed by atoms with Gasteiger partial charge in [-0.3, -0.25) is 4.52 Å². The zero-order valence-electron chi connectivity index (χ0n) is 19.1. The Morgan fingerprint density at radius 1 is 1.03 bits per heavy atom. The molecule has 16 heteroatoms. The van der Waals surface area contributed by atoms with Crippen LogP contribution in [0.15, 0.2) is 48.5 Å². The summed E-state index contributed by atoms with van der Waals surface area (Å²) in [6.45, 7) is -1.42. The molecule has 3 amide bonds. The molecule has 38 heavy (non-hydrogen) atoms. The van der Waals surface area contributed by atoms with Gasteiger partial charge in [0.1, 0.15) is 41.4 Å². The Hall–Kier alpha value is -4.04. The van der Waals surface area contributed by atoms with Crippen molar-refractivity contribution in [2.24, 2.45) is 5.73 Å². The number of nitrogens with two attached hydrogens (primary N) is 1. The van der Waals surface area contributed by atoms with Crippen LogP contribution in [0.3, 0.4) is 0 Å². The van der Waals surface area contributed by atoms with Crippen LogP contribution < -0.4 is 16.0 Å². The van der Waals surface area contributed by atoms with Crippen molar-refractivity contribution in [3.8, 4) is 11.3 Å². The van der Waals surface area contributed by atoms with Crippen molar-refractivity contribution in [1.29, 1.82) is 0 Å². The van der Waals surface area contributed by atoms with Crippen molar-refractivity contribution < 1.29 is 50.8 Å². The third-order valence-electron chi connectivity index (χ3n) is 4.75. The number of urea groups is 1. The van der Waals surface area contributed by atoms with E-state index in [4.69, 9.17) is 20.3 Å². The van der Waals surface area contributed by atoms with Gasteiger partial charge in [0.2, 0.25) is 0 Å². The predicted molar refractivity (Wildman–Crippen MR) is 124 cm³/mol. The maximum atomic E-state index is 14.7. The number of pyridine rings is 1. The van der Waals surface area contributed by atoms with Gasteiger partial charge in [0.15, 0.2) is 0 Å². The number of rotatable bonds is 9. The number of para-hydroxylation sites is 1. The average Bonchev–Trinajstić information content (AvgIpc) is 2.82. The Balaban J connectivity index is 1.95. The first-order valence-electron chi connectivity index (χ1n) is 10.5. The fraction of sp³-hybridized carbons (Fsp3) is 0.136. The summed E-state index contributed by atoms with van der Waals surface area (Å²) in [6, 6.07) is 6.26. The molecular weight excluding hydrogens is 539 g/mol. The molecule has 0 unspecified atom stereocenters. The summed E-state index contributed by atoms with van der Waals surface area (Å²) >= 11 is 0. The number of nitrogens with zero attached hydrogens (tertiary/aromatic N) is 2. The maximum absolute atomic E-state index is 14.7. The van der Waals surface area contributed by atoms with E-state index in [1.807, 2.05) is 0 Å². The lowest BCUT2D eigenvalue weighted by Gasteiger charge is -2.22. The van der Waals surface area contributed by atoms with Gasteiger partial charge >= 0.3 is 19.9 Å². The lowest BCUT2D eigenvalue weighted by atomic mass is 10.1. The second-order valence-corrected chi connectivity index (χ2v) is 8.61. The molecule has 3 aromatic rings. The highest BCUT2D eigenvalue weighted by molar-refractivity contribution is 7.46. The first kappa shape index (κ1) is 28.5. The number of phosphoric acid groups is 1. The van der Waals surface area contributed by atoms with E-state index in [1.165, 1.54) is 6.07 Å². The van der Waals surface area contributed by atoms with Crippen molar-refractivity contribution in [3.63, 3.8) is 0 Å². The Morgan fingerprint density at radius 2 is 1.71 bits per heavy atom. The van der Waals surface area contributed by atoms with Gasteiger partial charge in [-0.25, -0.2) is 41.6 Å². The Labute approximate surface area is 212 Å². The van der Waals surface area contributed by atoms with Crippen LogP contribution in [0.4, 0.5) is 38.7 Å². The number of hydrogen-bond acceptors (Lipinski definition) is 6. The minimum Gasteiger partial charge on any atom is -0.445 e. The van der Waals surface area contributed by atoms with E-state index in [2.05, 4.69) is 14.8 Å². The molecule has 0 aliphatic rings. The molecular formula is C22H19F4N4O7P. The molecule has 5 N–H and O–H groups in total. The third kappa shape index (κ3) is 7.26. The van der Waals surface area contributed by atoms with Gasteiger partial charge in [0.25, 0.3) is 0 Å². The highest BCUT2D eigenvalue weighted by Crippen LogP contribution is 2.35. The van der Waals surface area contributed by atoms with Crippen molar-refractivity contribution in [1.82, 2.24) is 10.3 Å². The van der Waals surface area contributed by atoms with E-state index in [1.54, 1.807) is 0 Å². The standard InChI is InChI=1S/C22H19F4N4O7P/c23-13-5-6-14(17(26)10-13)19-12(11-36-22(32)28-8-9-37-38(33,34)35)4-7-18(29-19)30(21(27)31)20-15(24)2-1-3-16(20)25/h1-7,10H,8-9,11H2,(H2,27,31)(H,28,32)(H2,33,34,35). The van der Waals surface area contributed by atoms with Crippen LogP contribution >= 0.6 is 7.82 Å². The number of benzene rings is 2. The molecule has 0 atom stereocenters. The number of primary amides is 1. The fourth-order valence-corrected chi connectivity index (χ4v) is 3.51. The molecule has 11 nitrogen and oxygen atoms in total. The van der Waals surface area contributed by atoms with Crippen molar-refractivity contribution >= 4 is 31.5 Å². The first-order valence-corrected chi connectivity index (χ1v) is 12.0. The lowest BCUT2D eigenvalue weighted by Crippen LogP contribution is -2.33. The highest BCUT2D eigenvalue weighted by Gasteiger charge is 2.26. The Morgan fingerprint density at radius 3 is 2.32 bits per heavy atom. The van der Waals surface area contributed by atoms with Crippen LogP contribution in [0.1, 0.15) is 5.56 Å². The fourth-order valence-electron chi connectivity index (χ4n) is 3.19. The molecule has 3 rings (SSSR count). The van der Waals surface area contributed by atoms with Crippen molar-refractivity contribution in [2.45, 2.75) is 6.61 Å². The zero-order valence-corrected chi connectivity index (χ0v) is 20.0. The summed E-state index contributed by atoms with van der Waals surface area (Å²) in [6.07, 6.45) is -1.05. The number of halogens is 4. The largest absolute Gasteiger partial charge is 0.469 e. The SMILES string of the molecule is NC(=O)N(c1ccc(COC(=O)NCCOP(=O)(O)O)c(-c2ccc(F)cc2F)n1)c1c(F)cccc1F. The van der Waals surface area contributed by atoms with Gasteiger partial charge in [0.05, 0.1) is 12.3 Å².